The summed E-state index contributed by atoms with van der Waals surface area (Å²) in [5.41, 5.74) is 0.849. The molecule has 1 heterocycles. The van der Waals surface area contributed by atoms with E-state index in [0.29, 0.717) is 12.6 Å². The van der Waals surface area contributed by atoms with Gasteiger partial charge in [0, 0.05) is 25.0 Å². The highest BCUT2D eigenvalue weighted by Crippen LogP contribution is 2.29. The summed E-state index contributed by atoms with van der Waals surface area (Å²) in [6, 6.07) is 4.14. The molecule has 0 aromatic carbocycles. The lowest BCUT2D eigenvalue weighted by Gasteiger charge is -2.32. The molecule has 1 fully saturated rings. The van der Waals surface area contributed by atoms with E-state index in [9.17, 15) is 5.11 Å². The summed E-state index contributed by atoms with van der Waals surface area (Å²) in [5.74, 6) is 2.44. The van der Waals surface area contributed by atoms with Crippen LogP contribution in [0.15, 0.2) is 29.5 Å². The molecule has 1 unspecified atom stereocenters. The highest BCUT2D eigenvalue weighted by Gasteiger charge is 2.23. The minimum Gasteiger partial charge on any atom is -0.386 e. The predicted octanol–water partition coefficient (Wildman–Crippen LogP) is 3.50. The van der Waals surface area contributed by atoms with E-state index in [1.165, 1.54) is 25.7 Å². The summed E-state index contributed by atoms with van der Waals surface area (Å²) in [7, 11) is 0. The van der Waals surface area contributed by atoms with Crippen LogP contribution < -0.4 is 10.6 Å². The summed E-state index contributed by atoms with van der Waals surface area (Å²) in [6.45, 7) is 7.88. The molecule has 1 aliphatic rings. The molecule has 3 N–H and O–H groups in total. The van der Waals surface area contributed by atoms with Gasteiger partial charge in [-0.2, -0.15) is 0 Å². The van der Waals surface area contributed by atoms with Crippen molar-refractivity contribution in [1.29, 1.82) is 0 Å². The number of rotatable bonds is 6. The monoisotopic (exact) mass is 460 g/mol. The molecule has 142 valence electrons. The van der Waals surface area contributed by atoms with Crippen LogP contribution in [0.4, 0.5) is 0 Å². The van der Waals surface area contributed by atoms with Crippen LogP contribution in [0.3, 0.4) is 0 Å². The third-order valence-corrected chi connectivity index (χ3v) is 4.91. The molecule has 1 atom stereocenters. The number of guanidine groups is 1. The zero-order valence-electron chi connectivity index (χ0n) is 15.6. The third kappa shape index (κ3) is 7.48. The second-order valence-corrected chi connectivity index (χ2v) is 7.02. The number of aliphatic hydroxyl groups excluding tert-OH is 1. The van der Waals surface area contributed by atoms with Crippen molar-refractivity contribution >= 4 is 29.9 Å². The second-order valence-electron chi connectivity index (χ2n) is 7.02. The zero-order valence-corrected chi connectivity index (χ0v) is 17.9. The topological polar surface area (TPSA) is 69.5 Å². The molecular formula is C19H33IN4O. The van der Waals surface area contributed by atoms with Gasteiger partial charge in [-0.1, -0.05) is 13.8 Å². The lowest BCUT2D eigenvalue weighted by Crippen LogP contribution is -2.45. The van der Waals surface area contributed by atoms with Crippen LogP contribution in [0, 0.1) is 11.8 Å². The number of hydrogen-bond acceptors (Lipinski definition) is 3. The summed E-state index contributed by atoms with van der Waals surface area (Å²) in [5, 5.41) is 17.1. The second kappa shape index (κ2) is 11.7. The molecule has 1 aromatic rings. The third-order valence-electron chi connectivity index (χ3n) is 4.91. The van der Waals surface area contributed by atoms with Gasteiger partial charge in [-0.3, -0.25) is 9.98 Å². The normalized spacial score (nSPS) is 22.2. The van der Waals surface area contributed by atoms with Crippen LogP contribution in [0.5, 0.6) is 0 Å². The zero-order chi connectivity index (χ0) is 17.4. The molecule has 1 aliphatic carbocycles. The number of nitrogens with one attached hydrogen (secondary N) is 2. The Labute approximate surface area is 169 Å². The highest BCUT2D eigenvalue weighted by atomic mass is 127. The van der Waals surface area contributed by atoms with Crippen molar-refractivity contribution < 1.29 is 5.11 Å². The van der Waals surface area contributed by atoms with Gasteiger partial charge in [0.1, 0.15) is 0 Å². The molecular weight excluding hydrogens is 427 g/mol. The lowest BCUT2D eigenvalue weighted by atomic mass is 9.80. The number of hydrogen-bond donors (Lipinski definition) is 3. The Balaban J connectivity index is 0.00000312. The Bertz CT molecular complexity index is 501. The summed E-state index contributed by atoms with van der Waals surface area (Å²) < 4.78 is 0. The van der Waals surface area contributed by atoms with Gasteiger partial charge in [-0.05, 0) is 62.1 Å². The minimum atomic E-state index is -0.597. The molecule has 0 amide bonds. The van der Waals surface area contributed by atoms with Crippen LogP contribution in [0.1, 0.15) is 58.1 Å². The molecule has 0 aliphatic heterocycles. The molecule has 5 nitrogen and oxygen atoms in total. The van der Waals surface area contributed by atoms with E-state index in [1.807, 2.05) is 12.1 Å². The number of nitrogens with zero attached hydrogens (tertiary/aromatic N) is 2. The first-order valence-electron chi connectivity index (χ1n) is 9.23. The molecule has 6 heteroatoms. The molecule has 25 heavy (non-hydrogen) atoms. The summed E-state index contributed by atoms with van der Waals surface area (Å²) >= 11 is 0. The first kappa shape index (κ1) is 22.2. The van der Waals surface area contributed by atoms with Gasteiger partial charge in [0.05, 0.1) is 12.6 Å². The summed E-state index contributed by atoms with van der Waals surface area (Å²) in [4.78, 5) is 8.54. The fourth-order valence-electron chi connectivity index (χ4n) is 3.31. The van der Waals surface area contributed by atoms with Crippen molar-refractivity contribution in [1.82, 2.24) is 15.6 Å². The van der Waals surface area contributed by atoms with E-state index in [0.717, 1.165) is 29.9 Å². The fourth-order valence-corrected chi connectivity index (χ4v) is 3.31. The Kier molecular flexibility index (Phi) is 10.3. The number of pyridine rings is 1. The van der Waals surface area contributed by atoms with Crippen LogP contribution >= 0.6 is 24.0 Å². The van der Waals surface area contributed by atoms with E-state index < -0.39 is 6.10 Å². The van der Waals surface area contributed by atoms with Crippen molar-refractivity contribution in [2.75, 3.05) is 13.1 Å². The number of aromatic nitrogens is 1. The van der Waals surface area contributed by atoms with Crippen LogP contribution in [-0.4, -0.2) is 35.2 Å². The molecule has 2 rings (SSSR count). The quantitative estimate of drug-likeness (QED) is 0.345. The van der Waals surface area contributed by atoms with Crippen LogP contribution in [0.25, 0.3) is 0 Å². The maximum atomic E-state index is 10.2. The van der Waals surface area contributed by atoms with Crippen molar-refractivity contribution in [2.45, 2.75) is 58.6 Å². The van der Waals surface area contributed by atoms with E-state index >= 15 is 0 Å². The van der Waals surface area contributed by atoms with Crippen LogP contribution in [0.2, 0.25) is 0 Å². The molecule has 0 radical (unpaired) electrons. The maximum absolute atomic E-state index is 10.2. The first-order valence-corrected chi connectivity index (χ1v) is 9.23. The standard InChI is InChI=1S/C19H32N4O.HI/c1-4-21-19(22-13-18(24)16-9-11-20-12-10-16)23-17-7-5-15(6-8-17)14(2)3;/h9-12,14-15,17-18,24H,4-8,13H2,1-3H3,(H2,21,22,23);1H. The van der Waals surface area contributed by atoms with Crippen LogP contribution in [-0.2, 0) is 0 Å². The smallest absolute Gasteiger partial charge is 0.191 e. The fraction of sp³-hybridized carbons (Fsp3) is 0.684. The Morgan fingerprint density at radius 3 is 2.44 bits per heavy atom. The molecule has 1 aromatic heterocycles. The number of halogens is 1. The molecule has 0 bridgehead atoms. The van der Waals surface area contributed by atoms with E-state index in [1.54, 1.807) is 12.4 Å². The SMILES string of the molecule is CCNC(=NCC(O)c1ccncc1)NC1CCC(C(C)C)CC1.I. The average Bonchev–Trinajstić information content (AvgIpc) is 2.61. The van der Waals surface area contributed by atoms with Gasteiger partial charge in [0.25, 0.3) is 0 Å². The molecule has 0 spiro atoms. The van der Waals surface area contributed by atoms with Gasteiger partial charge >= 0.3 is 0 Å². The van der Waals surface area contributed by atoms with Crippen molar-refractivity contribution in [3.05, 3.63) is 30.1 Å². The van der Waals surface area contributed by atoms with Crippen molar-refractivity contribution in [2.24, 2.45) is 16.8 Å². The molecule has 0 saturated heterocycles. The highest BCUT2D eigenvalue weighted by molar-refractivity contribution is 14.0. The van der Waals surface area contributed by atoms with Gasteiger partial charge < -0.3 is 15.7 Å². The van der Waals surface area contributed by atoms with E-state index in [-0.39, 0.29) is 24.0 Å². The van der Waals surface area contributed by atoms with E-state index in [4.69, 9.17) is 0 Å². The average molecular weight is 460 g/mol. The van der Waals surface area contributed by atoms with Gasteiger partial charge in [0.15, 0.2) is 5.96 Å². The Hall–Kier alpha value is -0.890. The maximum Gasteiger partial charge on any atom is 0.191 e. The number of aliphatic imine (C=N–C) groups is 1. The van der Waals surface area contributed by atoms with Crippen molar-refractivity contribution in [3.8, 4) is 0 Å². The summed E-state index contributed by atoms with van der Waals surface area (Å²) in [6.07, 6.45) is 7.75. The Morgan fingerprint density at radius 1 is 1.24 bits per heavy atom. The minimum absolute atomic E-state index is 0. The van der Waals surface area contributed by atoms with E-state index in [2.05, 4.69) is 41.4 Å². The van der Waals surface area contributed by atoms with Gasteiger partial charge in [-0.25, -0.2) is 0 Å². The largest absolute Gasteiger partial charge is 0.386 e. The number of aliphatic hydroxyl groups is 1. The molecule has 1 saturated carbocycles. The Morgan fingerprint density at radius 2 is 1.88 bits per heavy atom. The lowest BCUT2D eigenvalue weighted by molar-refractivity contribution is 0.187. The van der Waals surface area contributed by atoms with Crippen molar-refractivity contribution in [3.63, 3.8) is 0 Å². The first-order chi connectivity index (χ1) is 11.6. The predicted molar refractivity (Wildman–Crippen MR) is 114 cm³/mol. The van der Waals surface area contributed by atoms with Gasteiger partial charge in [-0.15, -0.1) is 24.0 Å². The van der Waals surface area contributed by atoms with Gasteiger partial charge in [0.2, 0.25) is 0 Å².